The number of nitrogens with one attached hydrogen (secondary N) is 1. The molecule has 6 nitrogen and oxygen atoms in total. The molecule has 0 saturated heterocycles. The normalized spacial score (nSPS) is 11.4. The third-order valence-electron chi connectivity index (χ3n) is 2.99. The van der Waals surface area contributed by atoms with Gasteiger partial charge in [-0.25, -0.2) is 4.99 Å². The first-order valence-electron chi connectivity index (χ1n) is 7.73. The molecule has 1 aromatic rings. The van der Waals surface area contributed by atoms with E-state index in [1.165, 1.54) is 0 Å². The van der Waals surface area contributed by atoms with Crippen LogP contribution in [0.2, 0.25) is 5.02 Å². The average molecular weight is 344 g/mol. The van der Waals surface area contributed by atoms with Crippen LogP contribution in [0, 0.1) is 0 Å². The number of methoxy groups -OCH3 is 1. The quantitative estimate of drug-likeness (QED) is 0.388. The van der Waals surface area contributed by atoms with E-state index in [0.29, 0.717) is 42.2 Å². The molecule has 0 amide bonds. The Hall–Kier alpha value is -1.66. The van der Waals surface area contributed by atoms with Crippen molar-refractivity contribution in [2.75, 3.05) is 33.5 Å². The Morgan fingerprint density at radius 1 is 1.30 bits per heavy atom. The zero-order chi connectivity index (χ0) is 17.1. The van der Waals surface area contributed by atoms with Crippen molar-refractivity contribution in [2.45, 2.75) is 26.8 Å². The Kier molecular flexibility index (Phi) is 9.24. The molecule has 0 heterocycles. The lowest BCUT2D eigenvalue weighted by Gasteiger charge is -2.12. The second kappa shape index (κ2) is 11.0. The fourth-order valence-electron chi connectivity index (χ4n) is 1.92. The summed E-state index contributed by atoms with van der Waals surface area (Å²) >= 11 is 6.23. The molecule has 0 unspecified atom stereocenters. The zero-order valence-corrected chi connectivity index (χ0v) is 14.8. The van der Waals surface area contributed by atoms with Crippen LogP contribution >= 0.6 is 11.6 Å². The van der Waals surface area contributed by atoms with E-state index in [2.05, 4.69) is 10.3 Å². The van der Waals surface area contributed by atoms with Crippen LogP contribution in [0.5, 0.6) is 11.5 Å². The molecule has 0 saturated carbocycles. The highest BCUT2D eigenvalue weighted by Crippen LogP contribution is 2.36. The molecule has 0 aliphatic heterocycles. The predicted molar refractivity (Wildman–Crippen MR) is 93.6 cm³/mol. The highest BCUT2D eigenvalue weighted by Gasteiger charge is 2.11. The van der Waals surface area contributed by atoms with Crippen molar-refractivity contribution in [1.29, 1.82) is 0 Å². The van der Waals surface area contributed by atoms with Crippen LogP contribution in [0.3, 0.4) is 0 Å². The van der Waals surface area contributed by atoms with Gasteiger partial charge in [-0.3, -0.25) is 0 Å². The maximum Gasteiger partial charge on any atom is 0.188 e. The van der Waals surface area contributed by atoms with Crippen LogP contribution in [-0.2, 0) is 11.3 Å². The van der Waals surface area contributed by atoms with Gasteiger partial charge >= 0.3 is 0 Å². The minimum Gasteiger partial charge on any atom is -0.493 e. The van der Waals surface area contributed by atoms with Crippen LogP contribution in [0.1, 0.15) is 25.8 Å². The Morgan fingerprint density at radius 2 is 2.09 bits per heavy atom. The lowest BCUT2D eigenvalue weighted by Crippen LogP contribution is -2.32. The fourth-order valence-corrected chi connectivity index (χ4v) is 2.20. The highest BCUT2D eigenvalue weighted by atomic mass is 35.5. The summed E-state index contributed by atoms with van der Waals surface area (Å²) in [5.74, 6) is 1.53. The molecular formula is C16H26ClN3O3. The lowest BCUT2D eigenvalue weighted by molar-refractivity contribution is 0.145. The fraction of sp³-hybridized carbons (Fsp3) is 0.562. The molecule has 0 bridgehead atoms. The number of ether oxygens (including phenoxy) is 3. The van der Waals surface area contributed by atoms with Gasteiger partial charge < -0.3 is 25.3 Å². The molecule has 1 rings (SSSR count). The number of nitrogens with two attached hydrogens (primary N) is 1. The minimum absolute atomic E-state index is 0.394. The molecule has 1 aromatic carbocycles. The molecule has 130 valence electrons. The number of benzene rings is 1. The highest BCUT2D eigenvalue weighted by molar-refractivity contribution is 6.32. The van der Waals surface area contributed by atoms with Gasteiger partial charge in [0.15, 0.2) is 17.5 Å². The zero-order valence-electron chi connectivity index (χ0n) is 14.0. The van der Waals surface area contributed by atoms with Gasteiger partial charge in [-0.2, -0.15) is 0 Å². The Bertz CT molecular complexity index is 510. The van der Waals surface area contributed by atoms with Crippen molar-refractivity contribution in [1.82, 2.24) is 5.32 Å². The molecule has 0 spiro atoms. The summed E-state index contributed by atoms with van der Waals surface area (Å²) in [7, 11) is 1.58. The van der Waals surface area contributed by atoms with Crippen LogP contribution in [-0.4, -0.2) is 39.4 Å². The molecule has 0 radical (unpaired) electrons. The molecule has 0 aromatic heterocycles. The summed E-state index contributed by atoms with van der Waals surface area (Å²) in [5.41, 5.74) is 6.73. The average Bonchev–Trinajstić information content (AvgIpc) is 2.54. The lowest BCUT2D eigenvalue weighted by atomic mass is 10.2. The van der Waals surface area contributed by atoms with E-state index < -0.39 is 0 Å². The van der Waals surface area contributed by atoms with E-state index in [1.54, 1.807) is 13.2 Å². The number of hydrogen-bond acceptors (Lipinski definition) is 4. The second-order valence-electron chi connectivity index (χ2n) is 4.72. The van der Waals surface area contributed by atoms with E-state index in [0.717, 1.165) is 25.1 Å². The Morgan fingerprint density at radius 3 is 2.74 bits per heavy atom. The third-order valence-corrected chi connectivity index (χ3v) is 3.27. The first-order chi connectivity index (χ1) is 11.1. The standard InChI is InChI=1S/C16H26ClN3O3/c1-4-22-8-6-7-19-16(18)20-11-12-9-13(17)15(23-5-2)14(10-12)21-3/h9-10H,4-8,11H2,1-3H3,(H3,18,19,20). The van der Waals surface area contributed by atoms with Crippen LogP contribution in [0.4, 0.5) is 0 Å². The van der Waals surface area contributed by atoms with E-state index in [1.807, 2.05) is 19.9 Å². The summed E-state index contributed by atoms with van der Waals surface area (Å²) in [4.78, 5) is 4.29. The van der Waals surface area contributed by atoms with Gasteiger partial charge in [0, 0.05) is 19.8 Å². The number of nitrogens with zero attached hydrogens (tertiary/aromatic N) is 1. The number of rotatable bonds is 10. The van der Waals surface area contributed by atoms with Crippen molar-refractivity contribution < 1.29 is 14.2 Å². The van der Waals surface area contributed by atoms with Gasteiger partial charge in [0.05, 0.1) is 25.3 Å². The van der Waals surface area contributed by atoms with Gasteiger partial charge in [0.2, 0.25) is 0 Å². The van der Waals surface area contributed by atoms with Crippen molar-refractivity contribution in [3.05, 3.63) is 22.7 Å². The number of hydrogen-bond donors (Lipinski definition) is 2. The molecular weight excluding hydrogens is 318 g/mol. The monoisotopic (exact) mass is 343 g/mol. The number of guanidine groups is 1. The van der Waals surface area contributed by atoms with Gasteiger partial charge in [-0.05, 0) is 38.0 Å². The first-order valence-corrected chi connectivity index (χ1v) is 8.10. The third kappa shape index (κ3) is 6.97. The van der Waals surface area contributed by atoms with Crippen molar-refractivity contribution >= 4 is 17.6 Å². The Labute approximate surface area is 143 Å². The molecule has 0 aliphatic rings. The molecule has 0 aliphatic carbocycles. The maximum atomic E-state index is 6.23. The van der Waals surface area contributed by atoms with E-state index >= 15 is 0 Å². The molecule has 0 fully saturated rings. The molecule has 3 N–H and O–H groups in total. The maximum absolute atomic E-state index is 6.23. The van der Waals surface area contributed by atoms with E-state index in [4.69, 9.17) is 31.5 Å². The largest absolute Gasteiger partial charge is 0.493 e. The summed E-state index contributed by atoms with van der Waals surface area (Å²) in [6.07, 6.45) is 0.882. The van der Waals surface area contributed by atoms with Crippen LogP contribution < -0.4 is 20.5 Å². The minimum atomic E-state index is 0.394. The summed E-state index contributed by atoms with van der Waals surface area (Å²) in [5, 5.41) is 3.55. The summed E-state index contributed by atoms with van der Waals surface area (Å²) < 4.78 is 16.0. The SMILES string of the molecule is CCOCCCNC(N)=NCc1cc(Cl)c(OCC)c(OC)c1. The topological polar surface area (TPSA) is 78.1 Å². The Balaban J connectivity index is 2.59. The molecule has 0 atom stereocenters. The predicted octanol–water partition coefficient (Wildman–Crippen LogP) is 2.58. The molecule has 23 heavy (non-hydrogen) atoms. The second-order valence-corrected chi connectivity index (χ2v) is 5.13. The smallest absolute Gasteiger partial charge is 0.188 e. The first kappa shape index (κ1) is 19.4. The number of halogens is 1. The van der Waals surface area contributed by atoms with E-state index in [9.17, 15) is 0 Å². The van der Waals surface area contributed by atoms with Gasteiger partial charge in [0.1, 0.15) is 0 Å². The summed E-state index contributed by atoms with van der Waals surface area (Å²) in [6, 6.07) is 3.66. The van der Waals surface area contributed by atoms with E-state index in [-0.39, 0.29) is 0 Å². The van der Waals surface area contributed by atoms with Crippen LogP contribution in [0.15, 0.2) is 17.1 Å². The van der Waals surface area contributed by atoms with Crippen molar-refractivity contribution in [2.24, 2.45) is 10.7 Å². The summed E-state index contributed by atoms with van der Waals surface area (Å²) in [6.45, 7) is 6.96. The van der Waals surface area contributed by atoms with Crippen LogP contribution in [0.25, 0.3) is 0 Å². The molecule has 7 heteroatoms. The van der Waals surface area contributed by atoms with Gasteiger partial charge in [0.25, 0.3) is 0 Å². The van der Waals surface area contributed by atoms with Gasteiger partial charge in [-0.15, -0.1) is 0 Å². The van der Waals surface area contributed by atoms with Crippen molar-refractivity contribution in [3.8, 4) is 11.5 Å². The number of aliphatic imine (C=N–C) groups is 1. The van der Waals surface area contributed by atoms with Crippen molar-refractivity contribution in [3.63, 3.8) is 0 Å². The van der Waals surface area contributed by atoms with Gasteiger partial charge in [-0.1, -0.05) is 11.6 Å².